The van der Waals surface area contributed by atoms with Gasteiger partial charge in [-0.05, 0) is 63.5 Å². The lowest BCUT2D eigenvalue weighted by Crippen LogP contribution is -2.24. The number of hydrogen-bond donors (Lipinski definition) is 1. The Morgan fingerprint density at radius 2 is 1.21 bits per heavy atom. The zero-order chi connectivity index (χ0) is 23.8. The number of carbonyl (C=O) groups excluding carboxylic acids is 2. The lowest BCUT2D eigenvalue weighted by atomic mass is 10.1. The van der Waals surface area contributed by atoms with Crippen molar-refractivity contribution < 1.29 is 9.59 Å². The minimum absolute atomic E-state index is 0.0820. The van der Waals surface area contributed by atoms with E-state index in [2.05, 4.69) is 73.0 Å². The highest BCUT2D eigenvalue weighted by Crippen LogP contribution is 2.04. The predicted molar refractivity (Wildman–Crippen MR) is 141 cm³/mol. The molecule has 0 radical (unpaired) electrons. The van der Waals surface area contributed by atoms with E-state index in [1.54, 1.807) is 12.1 Å². The molecule has 0 saturated carbocycles. The van der Waals surface area contributed by atoms with Crippen molar-refractivity contribution >= 4 is 11.7 Å². The number of rotatable bonds is 18. The molecule has 178 valence electrons. The predicted octanol–water partition coefficient (Wildman–Crippen LogP) is 7.69. The van der Waals surface area contributed by atoms with E-state index in [4.69, 9.17) is 0 Å². The smallest absolute Gasteiger partial charge is 0.251 e. The maximum atomic E-state index is 12.0. The quantitative estimate of drug-likeness (QED) is 0.185. The molecule has 0 aromatic heterocycles. The van der Waals surface area contributed by atoms with Gasteiger partial charge in [-0.1, -0.05) is 85.9 Å². The van der Waals surface area contributed by atoms with Gasteiger partial charge in [-0.3, -0.25) is 9.59 Å². The molecule has 3 nitrogen and oxygen atoms in total. The van der Waals surface area contributed by atoms with E-state index in [1.165, 1.54) is 0 Å². The van der Waals surface area contributed by atoms with Crippen molar-refractivity contribution in [2.45, 2.75) is 71.1 Å². The molecule has 0 heterocycles. The number of benzene rings is 1. The molecule has 1 rings (SSSR count). The van der Waals surface area contributed by atoms with Crippen LogP contribution in [0, 0.1) is 0 Å². The monoisotopic (exact) mass is 447 g/mol. The molecule has 0 bridgehead atoms. The lowest BCUT2D eigenvalue weighted by Gasteiger charge is -2.04. The number of carbonyl (C=O) groups is 2. The maximum absolute atomic E-state index is 12.0. The number of ketones is 1. The average Bonchev–Trinajstić information content (AvgIpc) is 2.84. The van der Waals surface area contributed by atoms with E-state index in [0.29, 0.717) is 31.4 Å². The van der Waals surface area contributed by atoms with Crippen LogP contribution in [0.5, 0.6) is 0 Å². The second kappa shape index (κ2) is 20.9. The summed E-state index contributed by atoms with van der Waals surface area (Å²) in [6.07, 6.45) is 30.6. The summed E-state index contributed by atoms with van der Waals surface area (Å²) in [6, 6.07) is 9.14. The number of hydrogen-bond acceptors (Lipinski definition) is 2. The van der Waals surface area contributed by atoms with E-state index in [9.17, 15) is 9.59 Å². The van der Waals surface area contributed by atoms with Crippen LogP contribution in [-0.2, 0) is 4.79 Å². The first kappa shape index (κ1) is 28.1. The van der Waals surface area contributed by atoms with Crippen LogP contribution >= 0.6 is 0 Å². The minimum atomic E-state index is -0.0820. The molecule has 0 aliphatic heterocycles. The Labute approximate surface area is 201 Å². The van der Waals surface area contributed by atoms with Gasteiger partial charge in [0.1, 0.15) is 5.78 Å². The molecule has 1 amide bonds. The fourth-order valence-electron chi connectivity index (χ4n) is 3.09. The van der Waals surface area contributed by atoms with E-state index >= 15 is 0 Å². The Hall–Kier alpha value is -2.94. The van der Waals surface area contributed by atoms with E-state index < -0.39 is 0 Å². The van der Waals surface area contributed by atoms with Gasteiger partial charge in [-0.15, -0.1) is 0 Å². The highest BCUT2D eigenvalue weighted by Gasteiger charge is 2.05. The zero-order valence-corrected chi connectivity index (χ0v) is 20.3. The van der Waals surface area contributed by atoms with Crippen LogP contribution < -0.4 is 5.32 Å². The number of unbranched alkanes of at least 4 members (excludes halogenated alkanes) is 1. The van der Waals surface area contributed by atoms with Crippen molar-refractivity contribution in [2.24, 2.45) is 0 Å². The van der Waals surface area contributed by atoms with Gasteiger partial charge in [0, 0.05) is 24.9 Å². The fourth-order valence-corrected chi connectivity index (χ4v) is 3.09. The average molecular weight is 448 g/mol. The summed E-state index contributed by atoms with van der Waals surface area (Å²) in [6.45, 7) is 2.69. The van der Waals surface area contributed by atoms with E-state index in [-0.39, 0.29) is 11.7 Å². The summed E-state index contributed by atoms with van der Waals surface area (Å²) in [5.74, 6) is 0.192. The Bertz CT molecular complexity index is 785. The van der Waals surface area contributed by atoms with Crippen molar-refractivity contribution in [2.75, 3.05) is 6.54 Å². The second-order valence-electron chi connectivity index (χ2n) is 7.86. The summed E-state index contributed by atoms with van der Waals surface area (Å²) < 4.78 is 0. The number of nitrogens with one attached hydrogen (secondary N) is 1. The van der Waals surface area contributed by atoms with Gasteiger partial charge in [-0.2, -0.15) is 0 Å². The molecule has 0 unspecified atom stereocenters. The number of allylic oxidation sites excluding steroid dienone is 10. The highest BCUT2D eigenvalue weighted by molar-refractivity contribution is 5.94. The Balaban J connectivity index is 1.95. The molecule has 0 spiro atoms. The molecule has 1 aromatic carbocycles. The second-order valence-corrected chi connectivity index (χ2v) is 7.86. The fraction of sp³-hybridized carbons (Fsp3) is 0.400. The van der Waals surface area contributed by atoms with Crippen LogP contribution in [0.1, 0.15) is 81.5 Å². The first-order valence-corrected chi connectivity index (χ1v) is 12.3. The largest absolute Gasteiger partial charge is 0.352 e. The number of amides is 1. The van der Waals surface area contributed by atoms with Crippen molar-refractivity contribution in [3.8, 4) is 0 Å². The summed E-state index contributed by atoms with van der Waals surface area (Å²) in [5.41, 5.74) is 0.654. The van der Waals surface area contributed by atoms with E-state index in [1.807, 2.05) is 18.2 Å². The van der Waals surface area contributed by atoms with Crippen LogP contribution in [0.15, 0.2) is 91.1 Å². The van der Waals surface area contributed by atoms with Crippen molar-refractivity contribution in [1.82, 2.24) is 5.32 Å². The molecular formula is C30H41NO2. The molecule has 0 aliphatic rings. The first-order chi connectivity index (χ1) is 16.2. The standard InChI is InChI=1S/C30H41NO2/c1-2-3-4-5-6-7-8-9-10-11-12-13-14-15-16-17-21-25-29(32)26-22-27-31-30(33)28-23-19-18-20-24-28/h3-4,6-7,9-10,12-13,15-16,18-20,23-24H,2,5,8,11,14,17,21-22,25-27H2,1H3,(H,31,33)/b4-3-,7-6-,10-9-,13-12-,16-15-. The van der Waals surface area contributed by atoms with Crippen LogP contribution in [0.4, 0.5) is 0 Å². The minimum Gasteiger partial charge on any atom is -0.352 e. The molecule has 3 heteroatoms. The van der Waals surface area contributed by atoms with E-state index in [0.717, 1.165) is 44.9 Å². The molecule has 0 saturated heterocycles. The normalized spacial score (nSPS) is 12.2. The van der Waals surface area contributed by atoms with Gasteiger partial charge >= 0.3 is 0 Å². The molecule has 33 heavy (non-hydrogen) atoms. The van der Waals surface area contributed by atoms with Crippen LogP contribution in [0.2, 0.25) is 0 Å². The van der Waals surface area contributed by atoms with Crippen LogP contribution in [0.25, 0.3) is 0 Å². The lowest BCUT2D eigenvalue weighted by molar-refractivity contribution is -0.119. The van der Waals surface area contributed by atoms with Gasteiger partial charge in [0.2, 0.25) is 0 Å². The Kier molecular flexibility index (Phi) is 17.8. The summed E-state index contributed by atoms with van der Waals surface area (Å²) in [5, 5.41) is 2.86. The third-order valence-corrected chi connectivity index (χ3v) is 4.94. The van der Waals surface area contributed by atoms with Crippen molar-refractivity contribution in [3.05, 3.63) is 96.7 Å². The molecule has 0 atom stereocenters. The summed E-state index contributed by atoms with van der Waals surface area (Å²) in [4.78, 5) is 23.9. The summed E-state index contributed by atoms with van der Waals surface area (Å²) in [7, 11) is 0. The van der Waals surface area contributed by atoms with Gasteiger partial charge in [0.25, 0.3) is 5.91 Å². The van der Waals surface area contributed by atoms with Gasteiger partial charge in [-0.25, -0.2) is 0 Å². The summed E-state index contributed by atoms with van der Waals surface area (Å²) >= 11 is 0. The molecular weight excluding hydrogens is 406 g/mol. The van der Waals surface area contributed by atoms with Gasteiger partial charge in [0.15, 0.2) is 0 Å². The zero-order valence-electron chi connectivity index (χ0n) is 20.3. The van der Waals surface area contributed by atoms with Gasteiger partial charge < -0.3 is 5.32 Å². The first-order valence-electron chi connectivity index (χ1n) is 12.3. The third kappa shape index (κ3) is 17.3. The SMILES string of the molecule is CC/C=C\C/C=C\C/C=C\C/C=C\C/C=C\CCCC(=O)CCCNC(=O)c1ccccc1. The molecule has 0 fully saturated rings. The van der Waals surface area contributed by atoms with Gasteiger partial charge in [0.05, 0.1) is 0 Å². The van der Waals surface area contributed by atoms with Crippen molar-refractivity contribution in [1.29, 1.82) is 0 Å². The maximum Gasteiger partial charge on any atom is 0.251 e. The molecule has 1 aromatic rings. The topological polar surface area (TPSA) is 46.2 Å². The Morgan fingerprint density at radius 3 is 1.79 bits per heavy atom. The molecule has 1 N–H and O–H groups in total. The third-order valence-electron chi connectivity index (χ3n) is 4.94. The number of Topliss-reactive ketones (excluding diaryl/α,β-unsaturated/α-hetero) is 1. The van der Waals surface area contributed by atoms with Crippen LogP contribution in [0.3, 0.4) is 0 Å². The highest BCUT2D eigenvalue weighted by atomic mass is 16.1. The Morgan fingerprint density at radius 1 is 0.697 bits per heavy atom. The van der Waals surface area contributed by atoms with Crippen LogP contribution in [-0.4, -0.2) is 18.2 Å². The van der Waals surface area contributed by atoms with Crippen molar-refractivity contribution in [3.63, 3.8) is 0 Å². The molecule has 0 aliphatic carbocycles.